The smallest absolute Gasteiger partial charge is 0.387 e. The Morgan fingerprint density at radius 1 is 1.14 bits per heavy atom. The molecule has 1 aromatic carbocycles. The lowest BCUT2D eigenvalue weighted by molar-refractivity contribution is -0.111. The molecule has 0 aliphatic rings. The predicted octanol–water partition coefficient (Wildman–Crippen LogP) is 3.33. The number of alkyl halides is 2. The molecule has 1 N–H and O–H groups in total. The topological polar surface area (TPSA) is 51.2 Å². The SMILES string of the molecule is O=C(C=Cc1ccc(OC(F)F)cc1)Nc1ccncc1. The average molecular weight is 290 g/mol. The van der Waals surface area contributed by atoms with Crippen LogP contribution < -0.4 is 10.1 Å². The van der Waals surface area contributed by atoms with Crippen LogP contribution in [0.4, 0.5) is 14.5 Å². The molecule has 21 heavy (non-hydrogen) atoms. The molecule has 2 aromatic rings. The molecular weight excluding hydrogens is 278 g/mol. The summed E-state index contributed by atoms with van der Waals surface area (Å²) in [6, 6.07) is 9.31. The van der Waals surface area contributed by atoms with Crippen LogP contribution in [0.25, 0.3) is 6.08 Å². The minimum absolute atomic E-state index is 0.0726. The van der Waals surface area contributed by atoms with Gasteiger partial charge in [-0.25, -0.2) is 0 Å². The highest BCUT2D eigenvalue weighted by molar-refractivity contribution is 6.01. The van der Waals surface area contributed by atoms with Crippen molar-refractivity contribution in [2.24, 2.45) is 0 Å². The van der Waals surface area contributed by atoms with Gasteiger partial charge in [0, 0.05) is 24.2 Å². The molecule has 0 unspecified atom stereocenters. The maximum atomic E-state index is 12.0. The molecule has 2 rings (SSSR count). The summed E-state index contributed by atoms with van der Waals surface area (Å²) in [5, 5.41) is 2.66. The van der Waals surface area contributed by atoms with Gasteiger partial charge in [0.05, 0.1) is 0 Å². The van der Waals surface area contributed by atoms with Crippen molar-refractivity contribution in [1.29, 1.82) is 0 Å². The molecule has 0 saturated carbocycles. The van der Waals surface area contributed by atoms with Gasteiger partial charge in [0.25, 0.3) is 0 Å². The summed E-state index contributed by atoms with van der Waals surface area (Å²) in [6.07, 6.45) is 6.06. The van der Waals surface area contributed by atoms with Crippen molar-refractivity contribution in [2.45, 2.75) is 6.61 Å². The van der Waals surface area contributed by atoms with Crippen molar-refractivity contribution in [3.05, 3.63) is 60.4 Å². The lowest BCUT2D eigenvalue weighted by Crippen LogP contribution is -2.07. The second kappa shape index (κ2) is 7.14. The van der Waals surface area contributed by atoms with Crippen molar-refractivity contribution in [3.63, 3.8) is 0 Å². The number of rotatable bonds is 5. The molecule has 1 heterocycles. The number of nitrogens with one attached hydrogen (secondary N) is 1. The molecule has 1 aromatic heterocycles. The Balaban J connectivity index is 1.93. The van der Waals surface area contributed by atoms with Gasteiger partial charge in [0.1, 0.15) is 5.75 Å². The largest absolute Gasteiger partial charge is 0.435 e. The molecule has 0 aliphatic carbocycles. The van der Waals surface area contributed by atoms with E-state index in [1.165, 1.54) is 18.2 Å². The van der Waals surface area contributed by atoms with Crippen molar-refractivity contribution in [1.82, 2.24) is 4.98 Å². The van der Waals surface area contributed by atoms with Crippen molar-refractivity contribution >= 4 is 17.7 Å². The molecule has 0 atom stereocenters. The van der Waals surface area contributed by atoms with Gasteiger partial charge < -0.3 is 10.1 Å². The number of carbonyl (C=O) groups is 1. The quantitative estimate of drug-likeness (QED) is 0.859. The number of pyridine rings is 1. The number of hydrogen-bond donors (Lipinski definition) is 1. The van der Waals surface area contributed by atoms with E-state index in [0.717, 1.165) is 0 Å². The Bertz CT molecular complexity index is 613. The van der Waals surface area contributed by atoms with E-state index in [4.69, 9.17) is 0 Å². The van der Waals surface area contributed by atoms with Crippen LogP contribution in [0.5, 0.6) is 5.75 Å². The first-order chi connectivity index (χ1) is 10.1. The Labute approximate surface area is 120 Å². The number of ether oxygens (including phenoxy) is 1. The van der Waals surface area contributed by atoms with E-state index >= 15 is 0 Å². The molecule has 0 spiro atoms. The zero-order valence-electron chi connectivity index (χ0n) is 10.9. The fraction of sp³-hybridized carbons (Fsp3) is 0.0667. The summed E-state index contributed by atoms with van der Waals surface area (Å²) >= 11 is 0. The second-order valence-electron chi connectivity index (χ2n) is 4.01. The lowest BCUT2D eigenvalue weighted by atomic mass is 10.2. The first-order valence-corrected chi connectivity index (χ1v) is 6.07. The molecule has 108 valence electrons. The van der Waals surface area contributed by atoms with E-state index in [-0.39, 0.29) is 11.7 Å². The van der Waals surface area contributed by atoms with Gasteiger partial charge in [-0.1, -0.05) is 12.1 Å². The van der Waals surface area contributed by atoms with Crippen LogP contribution in [0, 0.1) is 0 Å². The van der Waals surface area contributed by atoms with E-state index in [1.54, 1.807) is 42.7 Å². The fourth-order valence-electron chi connectivity index (χ4n) is 1.55. The van der Waals surface area contributed by atoms with Crippen molar-refractivity contribution in [2.75, 3.05) is 5.32 Å². The van der Waals surface area contributed by atoms with Gasteiger partial charge in [-0.2, -0.15) is 8.78 Å². The molecular formula is C15H12F2N2O2. The summed E-state index contributed by atoms with van der Waals surface area (Å²) in [4.78, 5) is 15.5. The number of hydrogen-bond acceptors (Lipinski definition) is 3. The number of benzene rings is 1. The highest BCUT2D eigenvalue weighted by atomic mass is 19.3. The first-order valence-electron chi connectivity index (χ1n) is 6.07. The fourth-order valence-corrected chi connectivity index (χ4v) is 1.55. The third-order valence-electron chi connectivity index (χ3n) is 2.48. The average Bonchev–Trinajstić information content (AvgIpc) is 2.47. The maximum Gasteiger partial charge on any atom is 0.387 e. The molecule has 0 saturated heterocycles. The first kappa shape index (κ1) is 14.6. The minimum Gasteiger partial charge on any atom is -0.435 e. The van der Waals surface area contributed by atoms with E-state index < -0.39 is 6.61 Å². The molecule has 0 fully saturated rings. The molecule has 6 heteroatoms. The Morgan fingerprint density at radius 3 is 2.43 bits per heavy atom. The Morgan fingerprint density at radius 2 is 1.81 bits per heavy atom. The van der Waals surface area contributed by atoms with Crippen molar-refractivity contribution in [3.8, 4) is 5.75 Å². The van der Waals surface area contributed by atoms with Crippen molar-refractivity contribution < 1.29 is 18.3 Å². The normalized spacial score (nSPS) is 10.8. The standard InChI is InChI=1S/C15H12F2N2O2/c16-15(17)21-13-4-1-11(2-5-13)3-6-14(20)19-12-7-9-18-10-8-12/h1-10,15H,(H,18,19,20). The lowest BCUT2D eigenvalue weighted by Gasteiger charge is -2.04. The number of halogens is 2. The number of aromatic nitrogens is 1. The van der Waals surface area contributed by atoms with Gasteiger partial charge in [-0.05, 0) is 35.9 Å². The van der Waals surface area contributed by atoms with Crippen LogP contribution in [-0.4, -0.2) is 17.5 Å². The van der Waals surface area contributed by atoms with E-state index in [9.17, 15) is 13.6 Å². The zero-order chi connectivity index (χ0) is 15.1. The summed E-state index contributed by atoms with van der Waals surface area (Å²) < 4.78 is 28.2. The predicted molar refractivity (Wildman–Crippen MR) is 75.0 cm³/mol. The monoisotopic (exact) mass is 290 g/mol. The Hall–Kier alpha value is -2.76. The third kappa shape index (κ3) is 5.02. The number of anilines is 1. The summed E-state index contributed by atoms with van der Waals surface area (Å²) in [5.41, 5.74) is 1.34. The Kier molecular flexibility index (Phi) is 4.98. The maximum absolute atomic E-state index is 12.0. The summed E-state index contributed by atoms with van der Waals surface area (Å²) in [7, 11) is 0. The number of amides is 1. The van der Waals surface area contributed by atoms with Gasteiger partial charge in [0.15, 0.2) is 0 Å². The van der Waals surface area contributed by atoms with Gasteiger partial charge in [-0.3, -0.25) is 9.78 Å². The summed E-state index contributed by atoms with van der Waals surface area (Å²) in [5.74, 6) is -0.225. The molecule has 0 bridgehead atoms. The number of carbonyl (C=O) groups excluding carboxylic acids is 1. The van der Waals surface area contributed by atoms with E-state index in [2.05, 4.69) is 15.0 Å². The van der Waals surface area contributed by atoms with Crippen LogP contribution in [0.2, 0.25) is 0 Å². The van der Waals surface area contributed by atoms with E-state index in [0.29, 0.717) is 11.3 Å². The minimum atomic E-state index is -2.85. The van der Waals surface area contributed by atoms with Gasteiger partial charge >= 0.3 is 6.61 Å². The van der Waals surface area contributed by atoms with Gasteiger partial charge in [0.2, 0.25) is 5.91 Å². The van der Waals surface area contributed by atoms with E-state index in [1.807, 2.05) is 0 Å². The number of nitrogens with zero attached hydrogens (tertiary/aromatic N) is 1. The van der Waals surface area contributed by atoms with Crippen LogP contribution in [0.3, 0.4) is 0 Å². The highest BCUT2D eigenvalue weighted by Crippen LogP contribution is 2.15. The van der Waals surface area contributed by atoms with Crippen LogP contribution in [0.15, 0.2) is 54.9 Å². The van der Waals surface area contributed by atoms with Crippen LogP contribution in [-0.2, 0) is 4.79 Å². The summed E-state index contributed by atoms with van der Waals surface area (Å²) in [6.45, 7) is -2.85. The second-order valence-corrected chi connectivity index (χ2v) is 4.01. The van der Waals surface area contributed by atoms with Gasteiger partial charge in [-0.15, -0.1) is 0 Å². The zero-order valence-corrected chi connectivity index (χ0v) is 10.9. The molecule has 1 amide bonds. The van der Waals surface area contributed by atoms with Crippen LogP contribution >= 0.6 is 0 Å². The van der Waals surface area contributed by atoms with Crippen LogP contribution in [0.1, 0.15) is 5.56 Å². The molecule has 4 nitrogen and oxygen atoms in total. The molecule has 0 radical (unpaired) electrons. The molecule has 0 aliphatic heterocycles. The highest BCUT2D eigenvalue weighted by Gasteiger charge is 2.03. The third-order valence-corrected chi connectivity index (χ3v) is 2.48.